The zero-order chi connectivity index (χ0) is 16.2. The molecule has 6 nitrogen and oxygen atoms in total. The number of carbonyl (C=O) groups is 1. The largest absolute Gasteiger partial charge is 0.467 e. The molecule has 0 fully saturated rings. The van der Waals surface area contributed by atoms with E-state index in [-0.39, 0.29) is 23.9 Å². The second-order valence-corrected chi connectivity index (χ2v) is 6.51. The lowest BCUT2D eigenvalue weighted by Gasteiger charge is -2.10. The van der Waals surface area contributed by atoms with Gasteiger partial charge in [-0.05, 0) is 36.8 Å². The van der Waals surface area contributed by atoms with Crippen molar-refractivity contribution in [3.05, 3.63) is 53.5 Å². The highest BCUT2D eigenvalue weighted by atomic mass is 32.2. The van der Waals surface area contributed by atoms with Crippen molar-refractivity contribution < 1.29 is 17.6 Å². The van der Waals surface area contributed by atoms with Crippen molar-refractivity contribution in [1.82, 2.24) is 10.0 Å². The summed E-state index contributed by atoms with van der Waals surface area (Å²) in [6, 6.07) is 7.96. The van der Waals surface area contributed by atoms with Crippen molar-refractivity contribution in [2.75, 3.05) is 6.54 Å². The number of rotatable bonds is 6. The summed E-state index contributed by atoms with van der Waals surface area (Å²) in [7, 11) is -3.59. The van der Waals surface area contributed by atoms with Crippen LogP contribution in [0.5, 0.6) is 0 Å². The van der Waals surface area contributed by atoms with Crippen LogP contribution in [0.3, 0.4) is 0 Å². The first-order valence-corrected chi connectivity index (χ1v) is 8.33. The van der Waals surface area contributed by atoms with Gasteiger partial charge in [0.15, 0.2) is 0 Å². The van der Waals surface area contributed by atoms with E-state index in [9.17, 15) is 13.2 Å². The van der Waals surface area contributed by atoms with Crippen LogP contribution in [0.2, 0.25) is 0 Å². The summed E-state index contributed by atoms with van der Waals surface area (Å²) in [5.74, 6) is 0.282. The predicted molar refractivity (Wildman–Crippen MR) is 81.9 cm³/mol. The van der Waals surface area contributed by atoms with Crippen molar-refractivity contribution in [3.63, 3.8) is 0 Å². The SMILES string of the molecule is CCNS(=O)(=O)c1ccc(C)c(C(=O)NCc2ccco2)c1. The van der Waals surface area contributed by atoms with Crippen LogP contribution in [0, 0.1) is 6.92 Å². The molecule has 0 atom stereocenters. The Hall–Kier alpha value is -2.12. The predicted octanol–water partition coefficient (Wildman–Crippen LogP) is 1.82. The Morgan fingerprint density at radius 2 is 2.05 bits per heavy atom. The zero-order valence-corrected chi connectivity index (χ0v) is 13.2. The summed E-state index contributed by atoms with van der Waals surface area (Å²) in [5.41, 5.74) is 1.03. The molecule has 2 N–H and O–H groups in total. The second-order valence-electron chi connectivity index (χ2n) is 4.74. The van der Waals surface area contributed by atoms with Gasteiger partial charge in [-0.15, -0.1) is 0 Å². The van der Waals surface area contributed by atoms with Gasteiger partial charge in [0.05, 0.1) is 17.7 Å². The minimum Gasteiger partial charge on any atom is -0.467 e. The van der Waals surface area contributed by atoms with E-state index in [2.05, 4.69) is 10.0 Å². The maximum absolute atomic E-state index is 12.2. The van der Waals surface area contributed by atoms with Gasteiger partial charge in [-0.3, -0.25) is 4.79 Å². The van der Waals surface area contributed by atoms with Gasteiger partial charge in [-0.1, -0.05) is 13.0 Å². The fourth-order valence-electron chi connectivity index (χ4n) is 1.96. The lowest BCUT2D eigenvalue weighted by molar-refractivity contribution is 0.0947. The Kier molecular flexibility index (Phi) is 4.99. The Labute approximate surface area is 129 Å². The van der Waals surface area contributed by atoms with E-state index in [1.165, 1.54) is 18.4 Å². The first kappa shape index (κ1) is 16.3. The molecule has 0 saturated carbocycles. The van der Waals surface area contributed by atoms with Crippen LogP contribution in [-0.4, -0.2) is 20.9 Å². The summed E-state index contributed by atoms with van der Waals surface area (Å²) in [6.07, 6.45) is 1.52. The zero-order valence-electron chi connectivity index (χ0n) is 12.4. The molecule has 1 aromatic heterocycles. The smallest absolute Gasteiger partial charge is 0.251 e. The van der Waals surface area contributed by atoms with Crippen molar-refractivity contribution >= 4 is 15.9 Å². The maximum Gasteiger partial charge on any atom is 0.251 e. The fourth-order valence-corrected chi connectivity index (χ4v) is 3.03. The quantitative estimate of drug-likeness (QED) is 0.849. The Bertz CT molecular complexity index is 752. The molecule has 1 aromatic carbocycles. The van der Waals surface area contributed by atoms with Gasteiger partial charge in [-0.25, -0.2) is 13.1 Å². The summed E-state index contributed by atoms with van der Waals surface area (Å²) in [5, 5.41) is 2.70. The highest BCUT2D eigenvalue weighted by Crippen LogP contribution is 2.16. The molecule has 0 bridgehead atoms. The van der Waals surface area contributed by atoms with Gasteiger partial charge in [0.2, 0.25) is 10.0 Å². The highest BCUT2D eigenvalue weighted by Gasteiger charge is 2.17. The fraction of sp³-hybridized carbons (Fsp3) is 0.267. The third kappa shape index (κ3) is 3.75. The molecule has 0 aliphatic rings. The number of aryl methyl sites for hydroxylation is 1. The van der Waals surface area contributed by atoms with E-state index in [1.54, 1.807) is 32.0 Å². The topological polar surface area (TPSA) is 88.4 Å². The molecule has 0 aliphatic carbocycles. The standard InChI is InChI=1S/C15H18N2O4S/c1-3-17-22(19,20)13-7-6-11(2)14(9-13)15(18)16-10-12-5-4-8-21-12/h4-9,17H,3,10H2,1-2H3,(H,16,18). The average molecular weight is 322 g/mol. The molecular weight excluding hydrogens is 304 g/mol. The van der Waals surface area contributed by atoms with Gasteiger partial charge >= 0.3 is 0 Å². The molecule has 22 heavy (non-hydrogen) atoms. The minimum atomic E-state index is -3.59. The third-order valence-corrected chi connectivity index (χ3v) is 4.64. The van der Waals surface area contributed by atoms with Gasteiger partial charge in [0, 0.05) is 12.1 Å². The van der Waals surface area contributed by atoms with Crippen LogP contribution in [0.4, 0.5) is 0 Å². The number of nitrogens with one attached hydrogen (secondary N) is 2. The van der Waals surface area contributed by atoms with E-state index in [0.29, 0.717) is 16.9 Å². The lowest BCUT2D eigenvalue weighted by Crippen LogP contribution is -2.26. The average Bonchev–Trinajstić information content (AvgIpc) is 2.98. The Morgan fingerprint density at radius 1 is 1.27 bits per heavy atom. The molecule has 0 aliphatic heterocycles. The van der Waals surface area contributed by atoms with E-state index in [4.69, 9.17) is 4.42 Å². The molecule has 118 valence electrons. The van der Waals surface area contributed by atoms with Crippen LogP contribution < -0.4 is 10.0 Å². The maximum atomic E-state index is 12.2. The number of furan rings is 1. The van der Waals surface area contributed by atoms with Crippen molar-refractivity contribution in [1.29, 1.82) is 0 Å². The molecule has 1 amide bonds. The Balaban J connectivity index is 2.21. The number of benzene rings is 1. The Morgan fingerprint density at radius 3 is 2.68 bits per heavy atom. The molecular formula is C15H18N2O4S. The lowest BCUT2D eigenvalue weighted by atomic mass is 10.1. The number of carbonyl (C=O) groups excluding carboxylic acids is 1. The summed E-state index contributed by atoms with van der Waals surface area (Å²) in [6.45, 7) is 3.99. The van der Waals surface area contributed by atoms with Crippen molar-refractivity contribution in [2.45, 2.75) is 25.3 Å². The van der Waals surface area contributed by atoms with Gasteiger partial charge in [0.1, 0.15) is 5.76 Å². The second kappa shape index (κ2) is 6.76. The number of hydrogen-bond donors (Lipinski definition) is 2. The summed E-state index contributed by atoms with van der Waals surface area (Å²) in [4.78, 5) is 12.3. The molecule has 7 heteroatoms. The monoisotopic (exact) mass is 322 g/mol. The van der Waals surface area contributed by atoms with E-state index >= 15 is 0 Å². The van der Waals surface area contributed by atoms with Gasteiger partial charge in [-0.2, -0.15) is 0 Å². The summed E-state index contributed by atoms with van der Waals surface area (Å²) >= 11 is 0. The van der Waals surface area contributed by atoms with Gasteiger partial charge < -0.3 is 9.73 Å². The summed E-state index contributed by atoms with van der Waals surface area (Å²) < 4.78 is 31.6. The third-order valence-electron chi connectivity index (χ3n) is 3.10. The van der Waals surface area contributed by atoms with E-state index in [0.717, 1.165) is 0 Å². The van der Waals surface area contributed by atoms with E-state index < -0.39 is 10.0 Å². The highest BCUT2D eigenvalue weighted by molar-refractivity contribution is 7.89. The van der Waals surface area contributed by atoms with Gasteiger partial charge in [0.25, 0.3) is 5.91 Å². The molecule has 2 aromatic rings. The van der Waals surface area contributed by atoms with Crippen LogP contribution >= 0.6 is 0 Å². The van der Waals surface area contributed by atoms with Crippen molar-refractivity contribution in [2.24, 2.45) is 0 Å². The number of amides is 1. The molecule has 0 radical (unpaired) electrons. The van der Waals surface area contributed by atoms with Crippen molar-refractivity contribution in [3.8, 4) is 0 Å². The molecule has 0 unspecified atom stereocenters. The van der Waals surface area contributed by atoms with Crippen LogP contribution in [0.15, 0.2) is 45.9 Å². The van der Waals surface area contributed by atoms with Crippen LogP contribution in [-0.2, 0) is 16.6 Å². The molecule has 0 spiro atoms. The molecule has 1 heterocycles. The van der Waals surface area contributed by atoms with Crippen LogP contribution in [0.1, 0.15) is 28.6 Å². The minimum absolute atomic E-state index is 0.0723. The molecule has 0 saturated heterocycles. The normalized spacial score (nSPS) is 11.4. The number of sulfonamides is 1. The van der Waals surface area contributed by atoms with E-state index in [1.807, 2.05) is 0 Å². The van der Waals surface area contributed by atoms with Crippen LogP contribution in [0.25, 0.3) is 0 Å². The molecule has 2 rings (SSSR count). The first-order chi connectivity index (χ1) is 10.4. The number of hydrogen-bond acceptors (Lipinski definition) is 4. The first-order valence-electron chi connectivity index (χ1n) is 6.85.